The molecule has 188 valence electrons. The van der Waals surface area contributed by atoms with E-state index >= 15 is 0 Å². The molecule has 4 N–H and O–H groups in total. The molecule has 0 bridgehead atoms. The van der Waals surface area contributed by atoms with Gasteiger partial charge in [-0.1, -0.05) is 90.0 Å². The summed E-state index contributed by atoms with van der Waals surface area (Å²) >= 11 is 0. The molecule has 1 heterocycles. The van der Waals surface area contributed by atoms with Crippen LogP contribution < -0.4 is 5.32 Å². The van der Waals surface area contributed by atoms with Gasteiger partial charge in [0.2, 0.25) is 5.91 Å². The SMILES string of the molecule is C=CCO[C@@H]1O[C@H](CO)[C@@H](O)[C@H](O)[C@H]1NC(=O)CCCCCCCCCCCCCCC. The second-order valence-electron chi connectivity index (χ2n) is 8.91. The minimum atomic E-state index is -1.30. The second kappa shape index (κ2) is 18.4. The summed E-state index contributed by atoms with van der Waals surface area (Å²) in [6.07, 6.45) is 13.5. The molecule has 1 saturated heterocycles. The zero-order valence-corrected chi connectivity index (χ0v) is 20.1. The van der Waals surface area contributed by atoms with Crippen LogP contribution in [-0.2, 0) is 14.3 Å². The lowest BCUT2D eigenvalue weighted by atomic mass is 9.96. The van der Waals surface area contributed by atoms with E-state index in [-0.39, 0.29) is 12.5 Å². The molecule has 1 rings (SSSR count). The Bertz CT molecular complexity index is 489. The zero-order chi connectivity index (χ0) is 23.6. The lowest BCUT2D eigenvalue weighted by Crippen LogP contribution is -2.64. The van der Waals surface area contributed by atoms with Gasteiger partial charge in [0.1, 0.15) is 24.4 Å². The number of rotatable bonds is 19. The molecule has 0 spiro atoms. The first-order chi connectivity index (χ1) is 15.5. The van der Waals surface area contributed by atoms with Crippen LogP contribution in [0.5, 0.6) is 0 Å². The zero-order valence-electron chi connectivity index (χ0n) is 20.1. The maximum absolute atomic E-state index is 12.4. The summed E-state index contributed by atoms with van der Waals surface area (Å²) < 4.78 is 11.0. The number of amides is 1. The van der Waals surface area contributed by atoms with Gasteiger partial charge in [0.05, 0.1) is 13.2 Å². The van der Waals surface area contributed by atoms with Gasteiger partial charge >= 0.3 is 0 Å². The third-order valence-electron chi connectivity index (χ3n) is 6.09. The normalized spacial score (nSPS) is 25.6. The van der Waals surface area contributed by atoms with Gasteiger partial charge < -0.3 is 30.1 Å². The molecule has 0 aromatic heterocycles. The molecule has 5 atom stereocenters. The van der Waals surface area contributed by atoms with Gasteiger partial charge in [-0.3, -0.25) is 4.79 Å². The van der Waals surface area contributed by atoms with Crippen molar-refractivity contribution in [2.75, 3.05) is 13.2 Å². The molecule has 1 fully saturated rings. The van der Waals surface area contributed by atoms with Crippen molar-refractivity contribution < 1.29 is 29.6 Å². The fraction of sp³-hybridized carbons (Fsp3) is 0.880. The van der Waals surface area contributed by atoms with E-state index in [9.17, 15) is 20.1 Å². The fourth-order valence-corrected chi connectivity index (χ4v) is 4.10. The summed E-state index contributed by atoms with van der Waals surface area (Å²) in [6, 6.07) is -0.901. The smallest absolute Gasteiger partial charge is 0.220 e. The van der Waals surface area contributed by atoms with Crippen molar-refractivity contribution in [3.8, 4) is 0 Å². The highest BCUT2D eigenvalue weighted by atomic mass is 16.7. The van der Waals surface area contributed by atoms with Crippen molar-refractivity contribution in [3.05, 3.63) is 12.7 Å². The van der Waals surface area contributed by atoms with Crippen LogP contribution in [0.1, 0.15) is 96.8 Å². The minimum Gasteiger partial charge on any atom is -0.394 e. The minimum absolute atomic E-state index is 0.164. The molecule has 1 amide bonds. The number of carbonyl (C=O) groups excluding carboxylic acids is 1. The third kappa shape index (κ3) is 11.8. The van der Waals surface area contributed by atoms with E-state index in [1.807, 2.05) is 0 Å². The highest BCUT2D eigenvalue weighted by Crippen LogP contribution is 2.22. The molecule has 0 aromatic rings. The lowest BCUT2D eigenvalue weighted by Gasteiger charge is -2.42. The van der Waals surface area contributed by atoms with Crippen molar-refractivity contribution >= 4 is 5.91 Å². The van der Waals surface area contributed by atoms with E-state index < -0.39 is 37.3 Å². The van der Waals surface area contributed by atoms with Gasteiger partial charge in [-0.05, 0) is 6.42 Å². The first kappa shape index (κ1) is 29.0. The summed E-state index contributed by atoms with van der Waals surface area (Å²) in [5.41, 5.74) is 0. The van der Waals surface area contributed by atoms with E-state index in [0.29, 0.717) is 6.42 Å². The van der Waals surface area contributed by atoms with Crippen LogP contribution in [0, 0.1) is 0 Å². The number of ether oxygens (including phenoxy) is 2. The molecule has 1 aliphatic rings. The van der Waals surface area contributed by atoms with Gasteiger partial charge in [-0.25, -0.2) is 0 Å². The predicted octanol–water partition coefficient (Wildman–Crippen LogP) is 3.59. The summed E-state index contributed by atoms with van der Waals surface area (Å²) in [4.78, 5) is 12.4. The first-order valence-electron chi connectivity index (χ1n) is 12.7. The van der Waals surface area contributed by atoms with Crippen LogP contribution in [0.3, 0.4) is 0 Å². The maximum atomic E-state index is 12.4. The van der Waals surface area contributed by atoms with Crippen molar-refractivity contribution in [1.29, 1.82) is 0 Å². The van der Waals surface area contributed by atoms with E-state index in [0.717, 1.165) is 19.3 Å². The second-order valence-corrected chi connectivity index (χ2v) is 8.91. The highest BCUT2D eigenvalue weighted by Gasteiger charge is 2.45. The fourth-order valence-electron chi connectivity index (χ4n) is 4.10. The Labute approximate surface area is 194 Å². The molecule has 32 heavy (non-hydrogen) atoms. The quantitative estimate of drug-likeness (QED) is 0.174. The average molecular weight is 458 g/mol. The van der Waals surface area contributed by atoms with E-state index in [1.165, 1.54) is 70.3 Å². The van der Waals surface area contributed by atoms with E-state index in [2.05, 4.69) is 18.8 Å². The summed E-state index contributed by atoms with van der Waals surface area (Å²) in [6.45, 7) is 5.53. The van der Waals surface area contributed by atoms with Gasteiger partial charge in [0, 0.05) is 6.42 Å². The number of aliphatic hydroxyl groups is 3. The van der Waals surface area contributed by atoms with E-state index in [4.69, 9.17) is 9.47 Å². The first-order valence-corrected chi connectivity index (χ1v) is 12.7. The van der Waals surface area contributed by atoms with Crippen molar-refractivity contribution in [2.24, 2.45) is 0 Å². The monoisotopic (exact) mass is 457 g/mol. The molecule has 1 aliphatic heterocycles. The van der Waals surface area contributed by atoms with Crippen LogP contribution in [0.15, 0.2) is 12.7 Å². The maximum Gasteiger partial charge on any atom is 0.220 e. The molecule has 0 aliphatic carbocycles. The highest BCUT2D eigenvalue weighted by molar-refractivity contribution is 5.76. The van der Waals surface area contributed by atoms with Gasteiger partial charge in [0.25, 0.3) is 0 Å². The molecule has 7 nitrogen and oxygen atoms in total. The summed E-state index contributed by atoms with van der Waals surface area (Å²) in [7, 11) is 0. The number of aliphatic hydroxyl groups excluding tert-OH is 3. The van der Waals surface area contributed by atoms with Crippen molar-refractivity contribution in [3.63, 3.8) is 0 Å². The number of carbonyl (C=O) groups is 1. The number of hydrogen-bond donors (Lipinski definition) is 4. The van der Waals surface area contributed by atoms with Gasteiger partial charge in [-0.2, -0.15) is 0 Å². The Hall–Kier alpha value is -0.990. The number of unbranched alkanes of at least 4 members (excludes halogenated alkanes) is 12. The molecule has 7 heteroatoms. The topological polar surface area (TPSA) is 108 Å². The van der Waals surface area contributed by atoms with Crippen molar-refractivity contribution in [2.45, 2.75) is 127 Å². The molecule has 0 unspecified atom stereocenters. The summed E-state index contributed by atoms with van der Waals surface area (Å²) in [5, 5.41) is 32.5. The third-order valence-corrected chi connectivity index (χ3v) is 6.09. The Balaban J connectivity index is 2.16. The van der Waals surface area contributed by atoms with Crippen LogP contribution in [0.25, 0.3) is 0 Å². The standard InChI is InChI=1S/C25H47NO6/c1-3-5-6-7-8-9-10-11-12-13-14-15-16-17-21(28)26-22-24(30)23(29)20(19-27)32-25(22)31-18-4-2/h4,20,22-25,27,29-30H,2-3,5-19H2,1H3,(H,26,28)/t20-,22-,23-,24-,25-/m1/s1. The van der Waals surface area contributed by atoms with Crippen LogP contribution in [-0.4, -0.2) is 65.1 Å². The van der Waals surface area contributed by atoms with E-state index in [1.54, 1.807) is 0 Å². The Morgan fingerprint density at radius 3 is 1.97 bits per heavy atom. The van der Waals surface area contributed by atoms with Gasteiger partial charge in [0.15, 0.2) is 6.29 Å². The number of hydrogen-bond acceptors (Lipinski definition) is 6. The largest absolute Gasteiger partial charge is 0.394 e. The van der Waals surface area contributed by atoms with Crippen LogP contribution in [0.4, 0.5) is 0 Å². The Morgan fingerprint density at radius 1 is 0.938 bits per heavy atom. The number of nitrogens with one attached hydrogen (secondary N) is 1. The Kier molecular flexibility index (Phi) is 16.7. The lowest BCUT2D eigenvalue weighted by molar-refractivity contribution is -0.267. The van der Waals surface area contributed by atoms with Crippen molar-refractivity contribution in [1.82, 2.24) is 5.32 Å². The van der Waals surface area contributed by atoms with Crippen LogP contribution >= 0.6 is 0 Å². The molecular formula is C25H47NO6. The predicted molar refractivity (Wildman–Crippen MR) is 126 cm³/mol. The molecule has 0 saturated carbocycles. The molecular weight excluding hydrogens is 410 g/mol. The summed E-state index contributed by atoms with van der Waals surface area (Å²) in [5.74, 6) is -0.206. The molecule has 0 aromatic carbocycles. The van der Waals surface area contributed by atoms with Crippen LogP contribution in [0.2, 0.25) is 0 Å². The average Bonchev–Trinajstić information content (AvgIpc) is 2.79. The van der Waals surface area contributed by atoms with Gasteiger partial charge in [-0.15, -0.1) is 6.58 Å². The molecule has 0 radical (unpaired) electrons. The Morgan fingerprint density at radius 2 is 1.47 bits per heavy atom.